The van der Waals surface area contributed by atoms with Crippen LogP contribution in [0.4, 0.5) is 4.39 Å². The van der Waals surface area contributed by atoms with Crippen molar-refractivity contribution in [3.05, 3.63) is 73.1 Å². The molecule has 2 N–H and O–H groups in total. The fourth-order valence-electron chi connectivity index (χ4n) is 3.71. The second-order valence-electron chi connectivity index (χ2n) is 7.38. The van der Waals surface area contributed by atoms with Crippen LogP contribution in [0.2, 0.25) is 0 Å². The standard InChI is InChI=1S/C21H18FN3O5S/c1-9(2)25-19-14(18(27)24(3)21(25)30)13(20(28)29)17(31-19)16(26)11-7-8-23-15-10(11)5-4-6-12(15)22/h4-9,16,26H,1-3H3,(H,28,29). The number of carbonyl (C=O) groups is 1. The Balaban J connectivity index is 2.11. The molecule has 0 radical (unpaired) electrons. The first-order chi connectivity index (χ1) is 14.6. The summed E-state index contributed by atoms with van der Waals surface area (Å²) in [4.78, 5) is 41.8. The number of aliphatic hydroxyl groups is 1. The van der Waals surface area contributed by atoms with Gasteiger partial charge in [-0.05, 0) is 31.5 Å². The summed E-state index contributed by atoms with van der Waals surface area (Å²) in [5.41, 5.74) is -1.43. The van der Waals surface area contributed by atoms with Crippen LogP contribution in [0.3, 0.4) is 0 Å². The first kappa shape index (κ1) is 20.9. The van der Waals surface area contributed by atoms with Gasteiger partial charge < -0.3 is 10.2 Å². The number of pyridine rings is 1. The minimum Gasteiger partial charge on any atom is -0.478 e. The molecule has 0 bridgehead atoms. The highest BCUT2D eigenvalue weighted by Crippen LogP contribution is 2.38. The lowest BCUT2D eigenvalue weighted by atomic mass is 10.00. The summed E-state index contributed by atoms with van der Waals surface area (Å²) in [5.74, 6) is -1.99. The van der Waals surface area contributed by atoms with Crippen molar-refractivity contribution in [2.45, 2.75) is 26.0 Å². The second kappa shape index (κ2) is 7.40. The van der Waals surface area contributed by atoms with Gasteiger partial charge in [0.25, 0.3) is 5.56 Å². The molecule has 0 spiro atoms. The third-order valence-corrected chi connectivity index (χ3v) is 6.42. The molecule has 1 unspecified atom stereocenters. The number of para-hydroxylation sites is 1. The lowest BCUT2D eigenvalue weighted by Crippen LogP contribution is -2.38. The number of rotatable bonds is 4. The van der Waals surface area contributed by atoms with Crippen molar-refractivity contribution in [2.75, 3.05) is 0 Å². The summed E-state index contributed by atoms with van der Waals surface area (Å²) in [6.07, 6.45) is -0.155. The topological polar surface area (TPSA) is 114 Å². The predicted molar refractivity (Wildman–Crippen MR) is 114 cm³/mol. The van der Waals surface area contributed by atoms with Gasteiger partial charge in [-0.1, -0.05) is 12.1 Å². The Kier molecular flexibility index (Phi) is 4.98. The van der Waals surface area contributed by atoms with Crippen LogP contribution in [-0.2, 0) is 7.05 Å². The number of carboxylic acid groups (broad SMARTS) is 1. The third-order valence-electron chi connectivity index (χ3n) is 5.18. The van der Waals surface area contributed by atoms with E-state index in [9.17, 15) is 29.0 Å². The van der Waals surface area contributed by atoms with Gasteiger partial charge in [0.05, 0.1) is 15.8 Å². The molecule has 0 aliphatic heterocycles. The van der Waals surface area contributed by atoms with Gasteiger partial charge in [0.1, 0.15) is 22.3 Å². The maximum Gasteiger partial charge on any atom is 0.337 e. The van der Waals surface area contributed by atoms with Crippen molar-refractivity contribution in [1.29, 1.82) is 0 Å². The Hall–Kier alpha value is -3.37. The number of halogens is 1. The lowest BCUT2D eigenvalue weighted by Gasteiger charge is -2.13. The number of aromatic nitrogens is 3. The van der Waals surface area contributed by atoms with Crippen molar-refractivity contribution in [2.24, 2.45) is 7.05 Å². The Labute approximate surface area is 178 Å². The maximum absolute atomic E-state index is 14.2. The molecule has 0 aliphatic carbocycles. The highest BCUT2D eigenvalue weighted by molar-refractivity contribution is 7.19. The van der Waals surface area contributed by atoms with E-state index in [0.29, 0.717) is 5.39 Å². The van der Waals surface area contributed by atoms with Gasteiger partial charge in [0.2, 0.25) is 0 Å². The minimum absolute atomic E-state index is 0.0173. The van der Waals surface area contributed by atoms with Crippen LogP contribution >= 0.6 is 11.3 Å². The quantitative estimate of drug-likeness (QED) is 0.501. The normalized spacial score (nSPS) is 12.7. The second-order valence-corrected chi connectivity index (χ2v) is 8.41. The Bertz CT molecular complexity index is 1480. The summed E-state index contributed by atoms with van der Waals surface area (Å²) < 4.78 is 16.4. The predicted octanol–water partition coefficient (Wildman–Crippen LogP) is 2.81. The molecular weight excluding hydrogens is 425 g/mol. The molecule has 4 aromatic rings. The number of hydrogen-bond acceptors (Lipinski definition) is 6. The fraction of sp³-hybridized carbons (Fsp3) is 0.238. The van der Waals surface area contributed by atoms with Crippen LogP contribution in [-0.4, -0.2) is 30.3 Å². The Morgan fingerprint density at radius 2 is 1.94 bits per heavy atom. The monoisotopic (exact) mass is 443 g/mol. The van der Waals surface area contributed by atoms with Crippen molar-refractivity contribution < 1.29 is 19.4 Å². The van der Waals surface area contributed by atoms with E-state index in [-0.39, 0.29) is 37.8 Å². The minimum atomic E-state index is -1.48. The molecule has 0 aliphatic rings. The number of nitrogens with zero attached hydrogens (tertiary/aromatic N) is 3. The van der Waals surface area contributed by atoms with Crippen LogP contribution < -0.4 is 11.2 Å². The third kappa shape index (κ3) is 3.06. The van der Waals surface area contributed by atoms with E-state index in [0.717, 1.165) is 15.9 Å². The number of fused-ring (bicyclic) bond motifs is 2. The van der Waals surface area contributed by atoms with Crippen LogP contribution in [0.25, 0.3) is 21.1 Å². The molecule has 1 aromatic carbocycles. The Morgan fingerprint density at radius 1 is 1.23 bits per heavy atom. The van der Waals surface area contributed by atoms with Gasteiger partial charge in [0.15, 0.2) is 0 Å². The molecular formula is C21H18FN3O5S. The van der Waals surface area contributed by atoms with E-state index in [1.165, 1.54) is 36.0 Å². The van der Waals surface area contributed by atoms with E-state index in [2.05, 4.69) is 4.98 Å². The molecule has 160 valence electrons. The maximum atomic E-state index is 14.2. The molecule has 8 nitrogen and oxygen atoms in total. The zero-order valence-electron chi connectivity index (χ0n) is 16.8. The van der Waals surface area contributed by atoms with E-state index in [1.54, 1.807) is 19.9 Å². The molecule has 0 amide bonds. The van der Waals surface area contributed by atoms with Crippen LogP contribution in [0, 0.1) is 5.82 Å². The zero-order valence-corrected chi connectivity index (χ0v) is 17.6. The van der Waals surface area contributed by atoms with Crippen LogP contribution in [0.15, 0.2) is 40.1 Å². The average Bonchev–Trinajstić information content (AvgIpc) is 3.12. The molecule has 0 saturated heterocycles. The number of aromatic carboxylic acids is 1. The van der Waals surface area contributed by atoms with Gasteiger partial charge in [-0.2, -0.15) is 0 Å². The van der Waals surface area contributed by atoms with Crippen LogP contribution in [0.5, 0.6) is 0 Å². The molecule has 3 heterocycles. The van der Waals surface area contributed by atoms with E-state index >= 15 is 0 Å². The molecule has 0 saturated carbocycles. The summed E-state index contributed by atoms with van der Waals surface area (Å²) in [7, 11) is 1.28. The molecule has 3 aromatic heterocycles. The van der Waals surface area contributed by atoms with Crippen molar-refractivity contribution in [3.8, 4) is 0 Å². The number of carboxylic acids is 1. The number of hydrogen-bond donors (Lipinski definition) is 2. The van der Waals surface area contributed by atoms with E-state index in [4.69, 9.17) is 0 Å². The fourth-order valence-corrected chi connectivity index (χ4v) is 5.13. The van der Waals surface area contributed by atoms with Gasteiger partial charge in [-0.3, -0.25) is 18.9 Å². The largest absolute Gasteiger partial charge is 0.478 e. The molecule has 4 rings (SSSR count). The van der Waals surface area contributed by atoms with Gasteiger partial charge in [-0.15, -0.1) is 11.3 Å². The highest BCUT2D eigenvalue weighted by Gasteiger charge is 2.30. The first-order valence-corrected chi connectivity index (χ1v) is 10.2. The zero-order chi connectivity index (χ0) is 22.6. The number of thiophene rings is 1. The van der Waals surface area contributed by atoms with E-state index in [1.807, 2.05) is 0 Å². The van der Waals surface area contributed by atoms with E-state index < -0.39 is 29.1 Å². The van der Waals surface area contributed by atoms with Gasteiger partial charge >= 0.3 is 11.7 Å². The SMILES string of the molecule is CC(C)n1c(=O)n(C)c(=O)c2c(C(=O)O)c(C(O)c3ccnc4c(F)cccc34)sc21. The first-order valence-electron chi connectivity index (χ1n) is 9.37. The van der Waals surface area contributed by atoms with Crippen molar-refractivity contribution in [1.82, 2.24) is 14.1 Å². The van der Waals surface area contributed by atoms with Gasteiger partial charge in [-0.25, -0.2) is 14.0 Å². The van der Waals surface area contributed by atoms with Crippen LogP contribution in [0.1, 0.15) is 46.8 Å². The molecule has 31 heavy (non-hydrogen) atoms. The average molecular weight is 443 g/mol. The smallest absolute Gasteiger partial charge is 0.337 e. The number of aliphatic hydroxyl groups excluding tert-OH is 1. The lowest BCUT2D eigenvalue weighted by molar-refractivity contribution is 0.0694. The summed E-state index contributed by atoms with van der Waals surface area (Å²) in [6.45, 7) is 3.47. The summed E-state index contributed by atoms with van der Waals surface area (Å²) in [6, 6.07) is 5.38. The van der Waals surface area contributed by atoms with Gasteiger partial charge in [0, 0.05) is 24.7 Å². The summed E-state index contributed by atoms with van der Waals surface area (Å²) in [5, 5.41) is 21.2. The van der Waals surface area contributed by atoms with Crippen molar-refractivity contribution in [3.63, 3.8) is 0 Å². The molecule has 1 atom stereocenters. The molecule has 10 heteroatoms. The highest BCUT2D eigenvalue weighted by atomic mass is 32.1. The Morgan fingerprint density at radius 3 is 2.58 bits per heavy atom. The van der Waals surface area contributed by atoms with Crippen molar-refractivity contribution >= 4 is 38.4 Å². The molecule has 0 fully saturated rings. The summed E-state index contributed by atoms with van der Waals surface area (Å²) >= 11 is 0.865. The number of benzene rings is 1.